The molecule has 2 aromatic carbocycles. The largest absolute Gasteiger partial charge is 0.368 e. The number of nitrogens with zero attached hydrogens (tertiary/aromatic N) is 2. The molecule has 0 spiro atoms. The molecule has 4 nitrogen and oxygen atoms in total. The first kappa shape index (κ1) is 17.2. The molecule has 2 atom stereocenters. The van der Waals surface area contributed by atoms with E-state index in [4.69, 9.17) is 11.6 Å². The fraction of sp³-hybridized carbons (Fsp3) is 0.381. The summed E-state index contributed by atoms with van der Waals surface area (Å²) in [4.78, 5) is 17.6. The van der Waals surface area contributed by atoms with E-state index in [0.29, 0.717) is 6.54 Å². The fourth-order valence-electron chi connectivity index (χ4n) is 4.27. The van der Waals surface area contributed by atoms with Crippen LogP contribution in [0.5, 0.6) is 0 Å². The Hall–Kier alpha value is -2.20. The fourth-order valence-corrected chi connectivity index (χ4v) is 4.45. The maximum atomic E-state index is 12.8. The van der Waals surface area contributed by atoms with Gasteiger partial charge in [-0.3, -0.25) is 4.79 Å². The highest BCUT2D eigenvalue weighted by Gasteiger charge is 2.41. The number of rotatable bonds is 3. The Balaban J connectivity index is 1.66. The molecule has 1 fully saturated rings. The summed E-state index contributed by atoms with van der Waals surface area (Å²) in [6, 6.07) is 16.7. The molecule has 4 rings (SSSR count). The van der Waals surface area contributed by atoms with Gasteiger partial charge < -0.3 is 15.1 Å². The van der Waals surface area contributed by atoms with Gasteiger partial charge in [0.25, 0.3) is 0 Å². The molecule has 0 aromatic heterocycles. The van der Waals surface area contributed by atoms with Crippen LogP contribution in [0.1, 0.15) is 12.5 Å². The monoisotopic (exact) mass is 369 g/mol. The Morgan fingerprint density at radius 1 is 1.19 bits per heavy atom. The molecule has 0 saturated carbocycles. The van der Waals surface area contributed by atoms with Crippen molar-refractivity contribution >= 4 is 28.9 Å². The van der Waals surface area contributed by atoms with Gasteiger partial charge in [0.05, 0.1) is 12.0 Å². The molecule has 136 valence electrons. The lowest BCUT2D eigenvalue weighted by Crippen LogP contribution is -2.61. The molecule has 1 saturated heterocycles. The molecular formula is C21H24ClN3O. The molecule has 0 bridgehead atoms. The molecule has 5 heteroatoms. The van der Waals surface area contributed by atoms with Crippen LogP contribution in [-0.2, 0) is 11.2 Å². The quantitative estimate of drug-likeness (QED) is 0.901. The van der Waals surface area contributed by atoms with Crippen molar-refractivity contribution in [3.05, 3.63) is 59.1 Å². The predicted octanol–water partition coefficient (Wildman–Crippen LogP) is 3.34. The molecule has 1 amide bonds. The van der Waals surface area contributed by atoms with Crippen LogP contribution >= 0.6 is 11.6 Å². The van der Waals surface area contributed by atoms with Crippen molar-refractivity contribution in [2.45, 2.75) is 19.4 Å². The second-order valence-electron chi connectivity index (χ2n) is 7.02. The number of piperazine rings is 1. The molecule has 26 heavy (non-hydrogen) atoms. The standard InChI is InChI=1S/C21H24ClN3O/c1-2-23-21(26)18-12-15-6-3-4-9-19(15)25-11-10-24(14-20(18)25)17-8-5-7-16(22)13-17/h3-9,13,18,20H,2,10-12,14H2,1H3,(H,23,26)/t18-,20+/m0/s1. The van der Waals surface area contributed by atoms with Gasteiger partial charge in [-0.1, -0.05) is 35.9 Å². The number of amides is 1. The Bertz CT molecular complexity index is 809. The number of carbonyl (C=O) groups is 1. The van der Waals surface area contributed by atoms with Crippen molar-refractivity contribution in [1.29, 1.82) is 0 Å². The first-order chi connectivity index (χ1) is 12.7. The van der Waals surface area contributed by atoms with Crippen molar-refractivity contribution in [3.63, 3.8) is 0 Å². The second-order valence-corrected chi connectivity index (χ2v) is 7.46. The minimum Gasteiger partial charge on any atom is -0.368 e. The molecule has 0 unspecified atom stereocenters. The lowest BCUT2D eigenvalue weighted by Gasteiger charge is -2.49. The third-order valence-corrected chi connectivity index (χ3v) is 5.72. The van der Waals surface area contributed by atoms with Gasteiger partial charge in [0.1, 0.15) is 0 Å². The summed E-state index contributed by atoms with van der Waals surface area (Å²) in [5, 5.41) is 3.79. The van der Waals surface area contributed by atoms with Gasteiger partial charge in [0.15, 0.2) is 0 Å². The molecule has 2 heterocycles. The van der Waals surface area contributed by atoms with Gasteiger partial charge in [0, 0.05) is 42.6 Å². The van der Waals surface area contributed by atoms with E-state index in [2.05, 4.69) is 45.4 Å². The zero-order chi connectivity index (χ0) is 18.1. The van der Waals surface area contributed by atoms with E-state index in [1.165, 1.54) is 11.3 Å². The van der Waals surface area contributed by atoms with E-state index < -0.39 is 0 Å². The third-order valence-electron chi connectivity index (χ3n) is 5.49. The number of hydrogen-bond acceptors (Lipinski definition) is 3. The Morgan fingerprint density at radius 2 is 2.04 bits per heavy atom. The van der Waals surface area contributed by atoms with Gasteiger partial charge >= 0.3 is 0 Å². The van der Waals surface area contributed by atoms with Crippen molar-refractivity contribution < 1.29 is 4.79 Å². The van der Waals surface area contributed by atoms with Crippen LogP contribution < -0.4 is 15.1 Å². The highest BCUT2D eigenvalue weighted by molar-refractivity contribution is 6.30. The van der Waals surface area contributed by atoms with Gasteiger partial charge in [-0.25, -0.2) is 0 Å². The van der Waals surface area contributed by atoms with Crippen LogP contribution in [0, 0.1) is 5.92 Å². The zero-order valence-electron chi connectivity index (χ0n) is 15.0. The van der Waals surface area contributed by atoms with E-state index in [1.54, 1.807) is 0 Å². The van der Waals surface area contributed by atoms with E-state index in [1.807, 2.05) is 25.1 Å². The summed E-state index contributed by atoms with van der Waals surface area (Å²) in [7, 11) is 0. The molecule has 0 radical (unpaired) electrons. The van der Waals surface area contributed by atoms with E-state index >= 15 is 0 Å². The van der Waals surface area contributed by atoms with Gasteiger partial charge in [-0.15, -0.1) is 0 Å². The van der Waals surface area contributed by atoms with E-state index in [-0.39, 0.29) is 17.9 Å². The summed E-state index contributed by atoms with van der Waals surface area (Å²) < 4.78 is 0. The number of carbonyl (C=O) groups excluding carboxylic acids is 1. The lowest BCUT2D eigenvalue weighted by atomic mass is 9.83. The van der Waals surface area contributed by atoms with Crippen LogP contribution in [0.3, 0.4) is 0 Å². The van der Waals surface area contributed by atoms with Gasteiger partial charge in [-0.2, -0.15) is 0 Å². The predicted molar refractivity (Wildman–Crippen MR) is 107 cm³/mol. The van der Waals surface area contributed by atoms with Crippen molar-refractivity contribution in [2.75, 3.05) is 36.0 Å². The number of fused-ring (bicyclic) bond motifs is 3. The highest BCUT2D eigenvalue weighted by Crippen LogP contribution is 2.37. The molecule has 0 aliphatic carbocycles. The van der Waals surface area contributed by atoms with Crippen LogP contribution in [-0.4, -0.2) is 38.1 Å². The van der Waals surface area contributed by atoms with Crippen molar-refractivity contribution in [1.82, 2.24) is 5.32 Å². The molecule has 1 N–H and O–H groups in total. The first-order valence-corrected chi connectivity index (χ1v) is 9.68. The average molecular weight is 370 g/mol. The number of anilines is 2. The second kappa shape index (κ2) is 7.20. The maximum absolute atomic E-state index is 12.8. The van der Waals surface area contributed by atoms with Crippen molar-refractivity contribution in [3.8, 4) is 0 Å². The highest BCUT2D eigenvalue weighted by atomic mass is 35.5. The average Bonchev–Trinajstić information content (AvgIpc) is 2.67. The third kappa shape index (κ3) is 3.14. The Morgan fingerprint density at radius 3 is 2.85 bits per heavy atom. The maximum Gasteiger partial charge on any atom is 0.225 e. The molecule has 2 aliphatic rings. The van der Waals surface area contributed by atoms with Crippen LogP contribution in [0.15, 0.2) is 48.5 Å². The minimum atomic E-state index is -0.0353. The SMILES string of the molecule is CCNC(=O)[C@H]1Cc2ccccc2N2CCN(c3cccc(Cl)c3)C[C@H]12. The molecule has 2 aliphatic heterocycles. The summed E-state index contributed by atoms with van der Waals surface area (Å²) in [6.45, 7) is 5.31. The summed E-state index contributed by atoms with van der Waals surface area (Å²) >= 11 is 6.19. The molecule has 2 aromatic rings. The number of hydrogen-bond donors (Lipinski definition) is 1. The number of benzene rings is 2. The Kier molecular flexibility index (Phi) is 4.77. The zero-order valence-corrected chi connectivity index (χ0v) is 15.7. The first-order valence-electron chi connectivity index (χ1n) is 9.30. The normalized spacial score (nSPS) is 21.8. The number of halogens is 1. The number of nitrogens with one attached hydrogen (secondary N) is 1. The lowest BCUT2D eigenvalue weighted by molar-refractivity contribution is -0.125. The van der Waals surface area contributed by atoms with Crippen molar-refractivity contribution in [2.24, 2.45) is 5.92 Å². The van der Waals surface area contributed by atoms with Crippen LogP contribution in [0.25, 0.3) is 0 Å². The number of para-hydroxylation sites is 1. The smallest absolute Gasteiger partial charge is 0.225 e. The van der Waals surface area contributed by atoms with Crippen LogP contribution in [0.4, 0.5) is 11.4 Å². The summed E-state index contributed by atoms with van der Waals surface area (Å²) in [6.07, 6.45) is 0.798. The van der Waals surface area contributed by atoms with E-state index in [0.717, 1.165) is 36.8 Å². The van der Waals surface area contributed by atoms with Gasteiger partial charge in [-0.05, 0) is 43.2 Å². The summed E-state index contributed by atoms with van der Waals surface area (Å²) in [5.41, 5.74) is 3.69. The van der Waals surface area contributed by atoms with Gasteiger partial charge in [0.2, 0.25) is 5.91 Å². The molecular weight excluding hydrogens is 346 g/mol. The topological polar surface area (TPSA) is 35.6 Å². The summed E-state index contributed by atoms with van der Waals surface area (Å²) in [5.74, 6) is 0.122. The van der Waals surface area contributed by atoms with E-state index in [9.17, 15) is 4.79 Å². The Labute approximate surface area is 159 Å². The minimum absolute atomic E-state index is 0.0353. The van der Waals surface area contributed by atoms with Crippen LogP contribution in [0.2, 0.25) is 5.02 Å².